The minimum atomic E-state index is -0.111. The van der Waals surface area contributed by atoms with Gasteiger partial charge in [0.25, 0.3) is 5.91 Å². The summed E-state index contributed by atoms with van der Waals surface area (Å²) in [6.07, 6.45) is 4.96. The van der Waals surface area contributed by atoms with Crippen molar-refractivity contribution in [3.05, 3.63) is 71.6 Å². The third kappa shape index (κ3) is 3.49. The van der Waals surface area contributed by atoms with Crippen LogP contribution in [0.2, 0.25) is 0 Å². The molecule has 5 rings (SSSR count). The van der Waals surface area contributed by atoms with Crippen LogP contribution in [-0.4, -0.2) is 39.4 Å². The summed E-state index contributed by atoms with van der Waals surface area (Å²) < 4.78 is 2.10. The molecule has 1 aliphatic rings. The SMILES string of the molecule is Cc1cn2cccc2c(N2CCC(NC(=O)c3csc(-c4ccccc4)n3)C2)n1. The second-order valence-electron chi connectivity index (χ2n) is 7.32. The quantitative estimate of drug-likeness (QED) is 0.563. The van der Waals surface area contributed by atoms with E-state index in [9.17, 15) is 4.79 Å². The van der Waals surface area contributed by atoms with Gasteiger partial charge in [-0.1, -0.05) is 30.3 Å². The van der Waals surface area contributed by atoms with Gasteiger partial charge in [-0.05, 0) is 25.5 Å². The van der Waals surface area contributed by atoms with Crippen LogP contribution in [-0.2, 0) is 0 Å². The van der Waals surface area contributed by atoms with Crippen LogP contribution < -0.4 is 10.2 Å². The van der Waals surface area contributed by atoms with Gasteiger partial charge in [0.2, 0.25) is 0 Å². The zero-order chi connectivity index (χ0) is 19.8. The first-order valence-electron chi connectivity index (χ1n) is 9.68. The number of thiazole rings is 1. The van der Waals surface area contributed by atoms with Crippen molar-refractivity contribution in [1.29, 1.82) is 0 Å². The minimum absolute atomic E-state index is 0.0849. The van der Waals surface area contributed by atoms with E-state index in [1.807, 2.05) is 61.1 Å². The molecule has 6 nitrogen and oxygen atoms in total. The van der Waals surface area contributed by atoms with E-state index < -0.39 is 0 Å². The van der Waals surface area contributed by atoms with Crippen molar-refractivity contribution in [2.45, 2.75) is 19.4 Å². The molecular formula is C22H21N5OS. The standard InChI is InChI=1S/C22H21N5OS/c1-15-12-26-10-5-8-19(26)20(23-15)27-11-9-17(13-27)24-21(28)18-14-29-22(25-18)16-6-3-2-4-7-16/h2-8,10,12,14,17H,9,11,13H2,1H3,(H,24,28). The molecule has 1 aliphatic heterocycles. The number of nitrogens with one attached hydrogen (secondary N) is 1. The topological polar surface area (TPSA) is 62.5 Å². The average Bonchev–Trinajstić information content (AvgIpc) is 3.48. The van der Waals surface area contributed by atoms with Gasteiger partial charge >= 0.3 is 0 Å². The summed E-state index contributed by atoms with van der Waals surface area (Å²) in [6.45, 7) is 3.62. The predicted molar refractivity (Wildman–Crippen MR) is 116 cm³/mol. The number of rotatable bonds is 4. The van der Waals surface area contributed by atoms with Crippen LogP contribution in [0.1, 0.15) is 22.6 Å². The van der Waals surface area contributed by atoms with Crippen LogP contribution in [0.15, 0.2) is 60.2 Å². The van der Waals surface area contributed by atoms with Crippen LogP contribution in [0, 0.1) is 6.92 Å². The Balaban J connectivity index is 1.28. The molecule has 0 aliphatic carbocycles. The third-order valence-corrected chi connectivity index (χ3v) is 6.09. The van der Waals surface area contributed by atoms with Crippen molar-refractivity contribution < 1.29 is 4.79 Å². The number of carbonyl (C=O) groups is 1. The highest BCUT2D eigenvalue weighted by Crippen LogP contribution is 2.26. The summed E-state index contributed by atoms with van der Waals surface area (Å²) in [5, 5.41) is 5.84. The number of fused-ring (bicyclic) bond motifs is 1. The monoisotopic (exact) mass is 403 g/mol. The molecule has 1 N–H and O–H groups in total. The highest BCUT2D eigenvalue weighted by atomic mass is 32.1. The van der Waals surface area contributed by atoms with Crippen molar-refractivity contribution in [2.24, 2.45) is 0 Å². The van der Waals surface area contributed by atoms with Crippen molar-refractivity contribution in [1.82, 2.24) is 19.7 Å². The Bertz CT molecular complexity index is 1170. The molecule has 1 atom stereocenters. The van der Waals surface area contributed by atoms with Crippen LogP contribution in [0.5, 0.6) is 0 Å². The number of hydrogen-bond acceptors (Lipinski definition) is 5. The molecule has 1 fully saturated rings. The second kappa shape index (κ2) is 7.33. The van der Waals surface area contributed by atoms with E-state index in [2.05, 4.69) is 25.7 Å². The number of nitrogens with zero attached hydrogens (tertiary/aromatic N) is 4. The molecular weight excluding hydrogens is 382 g/mol. The van der Waals surface area contributed by atoms with Gasteiger partial charge in [-0.3, -0.25) is 4.79 Å². The first-order valence-corrected chi connectivity index (χ1v) is 10.6. The summed E-state index contributed by atoms with van der Waals surface area (Å²) in [5.74, 6) is 0.868. The Morgan fingerprint density at radius 2 is 2.03 bits per heavy atom. The molecule has 1 unspecified atom stereocenters. The van der Waals surface area contributed by atoms with Gasteiger partial charge in [-0.2, -0.15) is 0 Å². The fourth-order valence-corrected chi connectivity index (χ4v) is 4.61. The lowest BCUT2D eigenvalue weighted by Gasteiger charge is -2.19. The number of carbonyl (C=O) groups excluding carboxylic acids is 1. The molecule has 0 spiro atoms. The lowest BCUT2D eigenvalue weighted by molar-refractivity contribution is 0.0936. The van der Waals surface area contributed by atoms with Gasteiger partial charge in [-0.15, -0.1) is 11.3 Å². The van der Waals surface area contributed by atoms with Crippen molar-refractivity contribution in [3.8, 4) is 10.6 Å². The van der Waals surface area contributed by atoms with Gasteiger partial charge < -0.3 is 14.6 Å². The van der Waals surface area contributed by atoms with Crippen molar-refractivity contribution in [3.63, 3.8) is 0 Å². The summed E-state index contributed by atoms with van der Waals surface area (Å²) in [4.78, 5) is 24.2. The molecule has 1 amide bonds. The van der Waals surface area contributed by atoms with Crippen LogP contribution in [0.4, 0.5) is 5.82 Å². The van der Waals surface area contributed by atoms with Crippen LogP contribution >= 0.6 is 11.3 Å². The van der Waals surface area contributed by atoms with Crippen LogP contribution in [0.25, 0.3) is 16.1 Å². The smallest absolute Gasteiger partial charge is 0.271 e. The van der Waals surface area contributed by atoms with Gasteiger partial charge in [0.05, 0.1) is 11.2 Å². The number of aromatic nitrogens is 3. The molecule has 1 aromatic carbocycles. The van der Waals surface area contributed by atoms with Crippen LogP contribution in [0.3, 0.4) is 0 Å². The Morgan fingerprint density at radius 3 is 2.90 bits per heavy atom. The lowest BCUT2D eigenvalue weighted by atomic mass is 10.2. The fraction of sp³-hybridized carbons (Fsp3) is 0.227. The number of hydrogen-bond donors (Lipinski definition) is 1. The van der Waals surface area contributed by atoms with Crippen molar-refractivity contribution >= 4 is 28.6 Å². The number of benzene rings is 1. The summed E-state index contributed by atoms with van der Waals surface area (Å²) in [6, 6.07) is 14.1. The maximum absolute atomic E-state index is 12.7. The maximum atomic E-state index is 12.7. The fourth-order valence-electron chi connectivity index (χ4n) is 3.80. The van der Waals surface area contributed by atoms with E-state index in [0.29, 0.717) is 5.69 Å². The largest absolute Gasteiger partial charge is 0.353 e. The number of anilines is 1. The zero-order valence-electron chi connectivity index (χ0n) is 16.1. The van der Waals surface area contributed by atoms with E-state index in [1.54, 1.807) is 0 Å². The van der Waals surface area contributed by atoms with Gasteiger partial charge in [0.1, 0.15) is 10.7 Å². The Hall–Kier alpha value is -3.19. The molecule has 0 bridgehead atoms. The predicted octanol–water partition coefficient (Wildman–Crippen LogP) is 3.77. The summed E-state index contributed by atoms with van der Waals surface area (Å²) in [5.41, 5.74) is 3.59. The van der Waals surface area contributed by atoms with E-state index in [1.165, 1.54) is 11.3 Å². The van der Waals surface area contributed by atoms with E-state index in [4.69, 9.17) is 4.98 Å². The highest BCUT2D eigenvalue weighted by molar-refractivity contribution is 7.13. The Kier molecular flexibility index (Phi) is 4.52. The zero-order valence-corrected chi connectivity index (χ0v) is 16.9. The molecule has 1 saturated heterocycles. The van der Waals surface area contributed by atoms with E-state index in [0.717, 1.165) is 47.1 Å². The first-order chi connectivity index (χ1) is 14.2. The first kappa shape index (κ1) is 17.9. The van der Waals surface area contributed by atoms with E-state index >= 15 is 0 Å². The maximum Gasteiger partial charge on any atom is 0.271 e. The molecule has 4 heterocycles. The normalized spacial score (nSPS) is 16.4. The van der Waals surface area contributed by atoms with E-state index in [-0.39, 0.29) is 11.9 Å². The molecule has 3 aromatic heterocycles. The molecule has 0 radical (unpaired) electrons. The summed E-state index contributed by atoms with van der Waals surface area (Å²) in [7, 11) is 0. The number of aryl methyl sites for hydroxylation is 1. The Labute approximate surface area is 172 Å². The lowest BCUT2D eigenvalue weighted by Crippen LogP contribution is -2.37. The average molecular weight is 404 g/mol. The molecule has 29 heavy (non-hydrogen) atoms. The molecule has 4 aromatic rings. The van der Waals surface area contributed by atoms with Gasteiger partial charge in [0.15, 0.2) is 5.82 Å². The third-order valence-electron chi connectivity index (χ3n) is 5.20. The van der Waals surface area contributed by atoms with Gasteiger partial charge in [-0.25, -0.2) is 9.97 Å². The van der Waals surface area contributed by atoms with Crippen molar-refractivity contribution in [2.75, 3.05) is 18.0 Å². The molecule has 0 saturated carbocycles. The minimum Gasteiger partial charge on any atom is -0.353 e. The summed E-state index contributed by atoms with van der Waals surface area (Å²) >= 11 is 1.50. The molecule has 146 valence electrons. The molecule has 7 heteroatoms. The second-order valence-corrected chi connectivity index (χ2v) is 8.17. The number of amides is 1. The Morgan fingerprint density at radius 1 is 1.17 bits per heavy atom. The van der Waals surface area contributed by atoms with Gasteiger partial charge in [0, 0.05) is 42.5 Å². The highest BCUT2D eigenvalue weighted by Gasteiger charge is 2.27.